The number of benzene rings is 6. The van der Waals surface area contributed by atoms with E-state index >= 15 is 0 Å². The predicted octanol–water partition coefficient (Wildman–Crippen LogP) is 13.5. The minimum atomic E-state index is 0.271. The first-order valence-corrected chi connectivity index (χ1v) is 22.3. The zero-order valence-corrected chi connectivity index (χ0v) is 35.1. The number of rotatable bonds is 8. The first-order chi connectivity index (χ1) is 31.2. The van der Waals surface area contributed by atoms with Gasteiger partial charge in [-0.15, -0.1) is 0 Å². The molecule has 4 aliphatic rings. The minimum absolute atomic E-state index is 0.271. The molecule has 63 heavy (non-hydrogen) atoms. The second-order valence-corrected chi connectivity index (χ2v) is 17.1. The molecular formula is C58H47N5. The monoisotopic (exact) mass is 813 g/mol. The third kappa shape index (κ3) is 6.34. The van der Waals surface area contributed by atoms with Crippen molar-refractivity contribution in [3.63, 3.8) is 0 Å². The van der Waals surface area contributed by atoms with Gasteiger partial charge in [-0.1, -0.05) is 152 Å². The maximum atomic E-state index is 6.69. The van der Waals surface area contributed by atoms with E-state index in [2.05, 4.69) is 196 Å². The van der Waals surface area contributed by atoms with Crippen molar-refractivity contribution in [2.24, 2.45) is 10.7 Å². The van der Waals surface area contributed by atoms with E-state index in [9.17, 15) is 0 Å². The van der Waals surface area contributed by atoms with E-state index in [0.29, 0.717) is 18.4 Å². The Labute approximate surface area is 367 Å². The summed E-state index contributed by atoms with van der Waals surface area (Å²) in [5.41, 5.74) is 21.7. The van der Waals surface area contributed by atoms with Crippen LogP contribution < -0.4 is 10.6 Å². The maximum absolute atomic E-state index is 6.69. The van der Waals surface area contributed by atoms with Gasteiger partial charge < -0.3 is 19.8 Å². The molecular weight excluding hydrogens is 767 g/mol. The predicted molar refractivity (Wildman–Crippen MR) is 266 cm³/mol. The van der Waals surface area contributed by atoms with Crippen LogP contribution in [0.25, 0.3) is 66.1 Å². The van der Waals surface area contributed by atoms with Crippen LogP contribution in [0.15, 0.2) is 217 Å². The summed E-state index contributed by atoms with van der Waals surface area (Å²) in [6.45, 7) is 0.480. The summed E-state index contributed by atoms with van der Waals surface area (Å²) >= 11 is 0. The number of fused-ring (bicyclic) bond motifs is 9. The lowest BCUT2D eigenvalue weighted by Gasteiger charge is -2.35. The van der Waals surface area contributed by atoms with E-state index in [4.69, 9.17) is 10.7 Å². The molecule has 0 amide bonds. The molecule has 12 rings (SSSR count). The highest BCUT2D eigenvalue weighted by atomic mass is 15.2. The Morgan fingerprint density at radius 3 is 2.16 bits per heavy atom. The van der Waals surface area contributed by atoms with Gasteiger partial charge in [-0.25, -0.2) is 0 Å². The molecule has 8 aromatic rings. The summed E-state index contributed by atoms with van der Waals surface area (Å²) in [4.78, 5) is 7.93. The van der Waals surface area contributed by atoms with Crippen LogP contribution >= 0.6 is 0 Å². The van der Waals surface area contributed by atoms with Gasteiger partial charge in [0, 0.05) is 44.5 Å². The molecule has 2 aromatic heterocycles. The Balaban J connectivity index is 0.922. The summed E-state index contributed by atoms with van der Waals surface area (Å²) in [7, 11) is 0. The number of aromatic nitrogens is 2. The number of aliphatic imine (C=N–C) groups is 1. The Hall–Kier alpha value is -7.63. The molecule has 0 saturated heterocycles. The highest BCUT2D eigenvalue weighted by Gasteiger charge is 2.40. The van der Waals surface area contributed by atoms with E-state index < -0.39 is 0 Å². The second kappa shape index (κ2) is 15.4. The highest BCUT2D eigenvalue weighted by Crippen LogP contribution is 2.48. The number of nitrogens with zero attached hydrogens (tertiary/aromatic N) is 4. The second-order valence-electron chi connectivity index (χ2n) is 17.1. The third-order valence-corrected chi connectivity index (χ3v) is 13.6. The number of anilines is 1. The number of allylic oxidation sites excluding steroid dienone is 9. The van der Waals surface area contributed by atoms with Gasteiger partial charge >= 0.3 is 0 Å². The fraction of sp³-hybridized carbons (Fsp3) is 0.121. The fourth-order valence-electron chi connectivity index (χ4n) is 10.6. The Kier molecular flexibility index (Phi) is 9.07. The van der Waals surface area contributed by atoms with Crippen molar-refractivity contribution in [3.05, 3.63) is 223 Å². The van der Waals surface area contributed by atoms with E-state index in [1.54, 1.807) is 0 Å². The van der Waals surface area contributed by atoms with Gasteiger partial charge in [0.2, 0.25) is 0 Å². The van der Waals surface area contributed by atoms with E-state index in [0.717, 1.165) is 36.1 Å². The number of hydrogen-bond acceptors (Lipinski definition) is 3. The van der Waals surface area contributed by atoms with E-state index in [-0.39, 0.29) is 12.0 Å². The van der Waals surface area contributed by atoms with Crippen molar-refractivity contribution in [3.8, 4) is 11.1 Å². The first kappa shape index (κ1) is 37.2. The van der Waals surface area contributed by atoms with Gasteiger partial charge in [-0.05, 0) is 102 Å². The molecule has 3 heterocycles. The summed E-state index contributed by atoms with van der Waals surface area (Å²) in [6.07, 6.45) is 27.9. The van der Waals surface area contributed by atoms with Gasteiger partial charge in [0.15, 0.2) is 0 Å². The number of nitrogens with two attached hydrogens (primary N) is 1. The highest BCUT2D eigenvalue weighted by molar-refractivity contribution is 6.14. The van der Waals surface area contributed by atoms with Crippen LogP contribution in [0.1, 0.15) is 36.3 Å². The lowest BCUT2D eigenvalue weighted by atomic mass is 9.89. The molecule has 0 saturated carbocycles. The average molecular weight is 814 g/mol. The standard InChI is InChI=1S/C58H47N5/c59-51(39-16-4-1-5-17-39)37-52(40-18-6-2-7-19-40)60-38-61-53-25-13-10-22-45(53)48-34-41(28-31-54(48)61)42-29-32-57-49(35-42)46-23-11-15-27-56(46)63(57)44-30-33-58-50(36-44)47-24-12-14-26-55(47)62(58)43-20-8-3-9-21-43/h1-6,8-18,20,22-37,43,50,58H,7,19,21,38,59H2. The Morgan fingerprint density at radius 1 is 0.667 bits per heavy atom. The fourth-order valence-corrected chi connectivity index (χ4v) is 10.6. The minimum Gasteiger partial charge on any atom is -0.398 e. The number of hydrogen-bond donors (Lipinski definition) is 1. The van der Waals surface area contributed by atoms with E-state index in [1.165, 1.54) is 71.7 Å². The zero-order chi connectivity index (χ0) is 41.9. The third-order valence-electron chi connectivity index (χ3n) is 13.6. The van der Waals surface area contributed by atoms with E-state index in [1.807, 2.05) is 24.3 Å². The van der Waals surface area contributed by atoms with Crippen molar-refractivity contribution in [1.29, 1.82) is 0 Å². The van der Waals surface area contributed by atoms with Crippen LogP contribution in [0.3, 0.4) is 0 Å². The molecule has 0 spiro atoms. The van der Waals surface area contributed by atoms with Crippen molar-refractivity contribution < 1.29 is 0 Å². The molecule has 3 aliphatic carbocycles. The summed E-state index contributed by atoms with van der Waals surface area (Å²) in [5.74, 6) is 0.271. The SMILES string of the molecule is NC(=CC(=NCn1c2ccccc2c2cc(-c3ccc4c(c3)c3ccccc3n4C3=CC4c5ccccc5N(C5C=CC=CC5)C4C=C3)ccc21)C1=CC=CCC1)c1ccccc1. The topological polar surface area (TPSA) is 51.5 Å². The van der Waals surface area contributed by atoms with Gasteiger partial charge in [0.25, 0.3) is 0 Å². The lowest BCUT2D eigenvalue weighted by molar-refractivity contribution is 0.613. The number of para-hydroxylation sites is 3. The van der Waals surface area contributed by atoms with Gasteiger partial charge in [0.1, 0.15) is 6.67 Å². The smallest absolute Gasteiger partial charge is 0.115 e. The maximum Gasteiger partial charge on any atom is 0.115 e. The van der Waals surface area contributed by atoms with Gasteiger partial charge in [-0.3, -0.25) is 4.99 Å². The molecule has 0 bridgehead atoms. The normalized spacial score (nSPS) is 19.6. The molecule has 6 aromatic carbocycles. The molecule has 3 atom stereocenters. The van der Waals surface area contributed by atoms with Crippen LogP contribution in [0.5, 0.6) is 0 Å². The first-order valence-electron chi connectivity index (χ1n) is 22.3. The van der Waals surface area contributed by atoms with Crippen molar-refractivity contribution in [2.45, 2.75) is 43.9 Å². The quantitative estimate of drug-likeness (QED) is 0.155. The van der Waals surface area contributed by atoms with Crippen molar-refractivity contribution in [2.75, 3.05) is 4.90 Å². The van der Waals surface area contributed by atoms with Gasteiger partial charge in [0.05, 0.1) is 39.9 Å². The molecule has 2 N–H and O–H groups in total. The van der Waals surface area contributed by atoms with Crippen LogP contribution in [-0.2, 0) is 6.67 Å². The van der Waals surface area contributed by atoms with Crippen LogP contribution in [0.2, 0.25) is 0 Å². The molecule has 1 aliphatic heterocycles. The summed E-state index contributed by atoms with van der Waals surface area (Å²) in [5, 5.41) is 4.96. The molecule has 5 nitrogen and oxygen atoms in total. The summed E-state index contributed by atoms with van der Waals surface area (Å²) < 4.78 is 4.82. The van der Waals surface area contributed by atoms with Crippen molar-refractivity contribution in [1.82, 2.24) is 9.13 Å². The molecule has 0 fully saturated rings. The van der Waals surface area contributed by atoms with Crippen LogP contribution in [0.4, 0.5) is 5.69 Å². The Bertz CT molecular complexity index is 3380. The molecule has 0 radical (unpaired) electrons. The lowest BCUT2D eigenvalue weighted by Crippen LogP contribution is -2.41. The van der Waals surface area contributed by atoms with Crippen molar-refractivity contribution >= 4 is 66.4 Å². The zero-order valence-electron chi connectivity index (χ0n) is 35.1. The van der Waals surface area contributed by atoms with Crippen LogP contribution in [0, 0.1) is 0 Å². The molecule has 5 heteroatoms. The molecule has 304 valence electrons. The largest absolute Gasteiger partial charge is 0.398 e. The van der Waals surface area contributed by atoms with Crippen LogP contribution in [-0.4, -0.2) is 26.9 Å². The average Bonchev–Trinajstić information content (AvgIpc) is 3.98. The Morgan fingerprint density at radius 2 is 1.37 bits per heavy atom. The molecule has 3 unspecified atom stereocenters. The van der Waals surface area contributed by atoms with Gasteiger partial charge in [-0.2, -0.15) is 0 Å². The summed E-state index contributed by atoms with van der Waals surface area (Å²) in [6, 6.07) is 51.3.